The van der Waals surface area contributed by atoms with Crippen LogP contribution in [0.3, 0.4) is 0 Å². The van der Waals surface area contributed by atoms with Crippen molar-refractivity contribution in [2.45, 2.75) is 75.8 Å². The van der Waals surface area contributed by atoms with Crippen LogP contribution in [0.5, 0.6) is 5.75 Å². The Hall–Kier alpha value is -4.12. The SMILES string of the molecule is CC=C1CN2COCC3(C(=O)OC)C1CC(c1cc4c5c([nH]c4cc1OC)C1(C(=O)OC)CC4CC(CC)C1N(CC5)C4)c1[nH]c4ccccc4c1CC23. The molecule has 11 rings (SSSR count). The highest BCUT2D eigenvalue weighted by Crippen LogP contribution is 2.58. The minimum Gasteiger partial charge on any atom is -0.496 e. The van der Waals surface area contributed by atoms with Crippen molar-refractivity contribution in [2.75, 3.05) is 54.3 Å². The Kier molecular flexibility index (Phi) is 7.92. The quantitative estimate of drug-likeness (QED) is 0.184. The summed E-state index contributed by atoms with van der Waals surface area (Å²) < 4.78 is 24.1. The van der Waals surface area contributed by atoms with Crippen LogP contribution in [0.4, 0.5) is 0 Å². The molecule has 10 atom stereocenters. The first-order valence-electron chi connectivity index (χ1n) is 20.0. The second-order valence-corrected chi connectivity index (χ2v) is 17.0. The largest absolute Gasteiger partial charge is 0.496 e. The molecule has 2 aromatic heterocycles. The fraction of sp³-hybridized carbons (Fsp3) is 0.545. The van der Waals surface area contributed by atoms with Crippen LogP contribution in [0.2, 0.25) is 0 Å². The van der Waals surface area contributed by atoms with Gasteiger partial charge in [-0.1, -0.05) is 43.2 Å². The molecule has 4 aromatic rings. The van der Waals surface area contributed by atoms with Crippen LogP contribution in [-0.4, -0.2) is 98.1 Å². The highest BCUT2D eigenvalue weighted by molar-refractivity contribution is 5.93. The van der Waals surface area contributed by atoms with Gasteiger partial charge in [-0.15, -0.1) is 0 Å². The van der Waals surface area contributed by atoms with E-state index < -0.39 is 10.8 Å². The lowest BCUT2D eigenvalue weighted by atomic mass is 9.56. The number of benzene rings is 2. The van der Waals surface area contributed by atoms with Crippen molar-refractivity contribution in [3.8, 4) is 5.75 Å². The van der Waals surface area contributed by atoms with Crippen molar-refractivity contribution in [2.24, 2.45) is 23.2 Å². The van der Waals surface area contributed by atoms with E-state index in [4.69, 9.17) is 18.9 Å². The van der Waals surface area contributed by atoms with Gasteiger partial charge in [-0.05, 0) is 74.1 Å². The summed E-state index contributed by atoms with van der Waals surface area (Å²) in [4.78, 5) is 41.3. The molecule has 5 fully saturated rings. The van der Waals surface area contributed by atoms with Gasteiger partial charge in [0.25, 0.3) is 0 Å². The minimum atomic E-state index is -0.863. The average molecular weight is 733 g/mol. The van der Waals surface area contributed by atoms with Crippen molar-refractivity contribution >= 4 is 33.7 Å². The van der Waals surface area contributed by atoms with E-state index in [-0.39, 0.29) is 35.9 Å². The smallest absolute Gasteiger partial charge is 0.319 e. The molecule has 10 nitrogen and oxygen atoms in total. The van der Waals surface area contributed by atoms with E-state index in [1.54, 1.807) is 14.2 Å². The van der Waals surface area contributed by atoms with E-state index in [1.807, 2.05) is 0 Å². The topological polar surface area (TPSA) is 109 Å². The Morgan fingerprint density at radius 2 is 1.83 bits per heavy atom. The van der Waals surface area contributed by atoms with Crippen LogP contribution in [0, 0.1) is 23.2 Å². The number of aromatic amines is 2. The molecule has 5 aliphatic heterocycles. The maximum atomic E-state index is 14.3. The predicted octanol–water partition coefficient (Wildman–Crippen LogP) is 6.22. The van der Waals surface area contributed by atoms with Crippen LogP contribution < -0.4 is 4.74 Å². The third-order valence-corrected chi connectivity index (χ3v) is 15.0. The molecule has 2 N–H and O–H groups in total. The van der Waals surface area contributed by atoms with Gasteiger partial charge >= 0.3 is 11.9 Å². The van der Waals surface area contributed by atoms with Crippen LogP contribution in [-0.2, 0) is 42.1 Å². The third kappa shape index (κ3) is 4.44. The number of para-hydroxylation sites is 1. The Morgan fingerprint density at radius 3 is 2.61 bits per heavy atom. The number of carbonyl (C=O) groups is 2. The molecule has 4 saturated heterocycles. The highest BCUT2D eigenvalue weighted by atomic mass is 16.5. The van der Waals surface area contributed by atoms with Crippen LogP contribution in [0.25, 0.3) is 21.8 Å². The Balaban J connectivity index is 1.21. The molecule has 54 heavy (non-hydrogen) atoms. The maximum absolute atomic E-state index is 14.3. The number of H-pyrrole nitrogens is 2. The number of hydrogen-bond acceptors (Lipinski definition) is 8. The zero-order chi connectivity index (χ0) is 37.1. The first-order chi connectivity index (χ1) is 26.3. The fourth-order valence-electron chi connectivity index (χ4n) is 12.9. The van der Waals surface area contributed by atoms with Crippen molar-refractivity contribution < 1.29 is 28.5 Å². The van der Waals surface area contributed by atoms with E-state index in [9.17, 15) is 9.59 Å². The summed E-state index contributed by atoms with van der Waals surface area (Å²) in [6, 6.07) is 13.1. The van der Waals surface area contributed by atoms with Gasteiger partial charge in [-0.3, -0.25) is 19.4 Å². The first-order valence-corrected chi connectivity index (χ1v) is 20.0. The Labute approximate surface area is 316 Å². The lowest BCUT2D eigenvalue weighted by molar-refractivity contribution is -0.199. The number of piperidine rings is 3. The van der Waals surface area contributed by atoms with Crippen molar-refractivity contribution in [3.63, 3.8) is 0 Å². The molecule has 2 aliphatic carbocycles. The van der Waals surface area contributed by atoms with Gasteiger partial charge in [-0.2, -0.15) is 0 Å². The molecular weight excluding hydrogens is 681 g/mol. The predicted molar refractivity (Wildman–Crippen MR) is 206 cm³/mol. The number of esters is 2. The van der Waals surface area contributed by atoms with Crippen molar-refractivity contribution in [3.05, 3.63) is 76.1 Å². The molecule has 7 aliphatic rings. The molecule has 7 heterocycles. The summed E-state index contributed by atoms with van der Waals surface area (Å²) in [5, 5.41) is 2.33. The zero-order valence-electron chi connectivity index (χ0n) is 32.1. The number of ether oxygens (including phenoxy) is 4. The van der Waals surface area contributed by atoms with Gasteiger partial charge in [0.2, 0.25) is 0 Å². The number of rotatable bonds is 5. The first kappa shape index (κ1) is 34.4. The molecule has 0 radical (unpaired) electrons. The molecule has 0 spiro atoms. The van der Waals surface area contributed by atoms with Gasteiger partial charge in [-0.25, -0.2) is 0 Å². The summed E-state index contributed by atoms with van der Waals surface area (Å²) in [6.45, 7) is 7.90. The van der Waals surface area contributed by atoms with Gasteiger partial charge in [0, 0.05) is 88.4 Å². The lowest BCUT2D eigenvalue weighted by Crippen LogP contribution is -2.68. The molecule has 0 amide bonds. The Bertz CT molecular complexity index is 2220. The average Bonchev–Trinajstić information content (AvgIpc) is 3.72. The summed E-state index contributed by atoms with van der Waals surface area (Å²) in [5.41, 5.74) is 7.50. The fourth-order valence-corrected chi connectivity index (χ4v) is 12.9. The number of hydrogen-bond donors (Lipinski definition) is 2. The molecule has 8 bridgehead atoms. The van der Waals surface area contributed by atoms with E-state index in [2.05, 4.69) is 76.1 Å². The van der Waals surface area contributed by atoms with E-state index in [0.29, 0.717) is 38.0 Å². The summed E-state index contributed by atoms with van der Waals surface area (Å²) >= 11 is 0. The standard InChI is InChI=1S/C44H52N4O6/c1-6-25-14-24-19-43(41(49)52-4)39-28(12-13-47(20-24)40(25)43)29-15-30(36(51-3)18-35(29)46-39)31-16-33-26(7-2)21-48-23-54-22-44(33,42(50)53-5)37(48)17-32-27-10-8-9-11-34(27)45-38(31)32/h7-11,15,18,24-25,31,33,37,40,45-46H,6,12-14,16-17,19-23H2,1-5H3. The number of allylic oxidation sites excluding steroid dienone is 1. The number of carbonyl (C=O) groups excluding carboxylic acids is 2. The summed E-state index contributed by atoms with van der Waals surface area (Å²) in [7, 11) is 4.83. The van der Waals surface area contributed by atoms with Gasteiger partial charge < -0.3 is 28.9 Å². The number of methoxy groups -OCH3 is 3. The number of nitrogens with zero attached hydrogens (tertiary/aromatic N) is 2. The zero-order valence-corrected chi connectivity index (χ0v) is 32.1. The van der Waals surface area contributed by atoms with E-state index >= 15 is 0 Å². The van der Waals surface area contributed by atoms with E-state index in [1.165, 1.54) is 41.3 Å². The van der Waals surface area contributed by atoms with E-state index in [0.717, 1.165) is 72.3 Å². The van der Waals surface area contributed by atoms with Crippen molar-refractivity contribution in [1.82, 2.24) is 19.8 Å². The number of nitrogens with one attached hydrogen (secondary N) is 2. The van der Waals surface area contributed by atoms with Gasteiger partial charge in [0.05, 0.1) is 34.7 Å². The molecular formula is C44H52N4O6. The number of fused-ring (bicyclic) bond motifs is 7. The Morgan fingerprint density at radius 1 is 1.00 bits per heavy atom. The normalized spacial score (nSPS) is 35.8. The van der Waals surface area contributed by atoms with Gasteiger partial charge in [0.15, 0.2) is 0 Å². The monoisotopic (exact) mass is 732 g/mol. The summed E-state index contributed by atoms with van der Waals surface area (Å²) in [5.74, 6) is 1.14. The molecule has 10 unspecified atom stereocenters. The third-order valence-electron chi connectivity index (χ3n) is 15.0. The second-order valence-electron chi connectivity index (χ2n) is 17.0. The lowest BCUT2D eigenvalue weighted by Gasteiger charge is -2.57. The minimum absolute atomic E-state index is 0.0673. The molecule has 10 heteroatoms. The van der Waals surface area contributed by atoms with Gasteiger partial charge in [0.1, 0.15) is 16.6 Å². The molecule has 1 saturated carbocycles. The van der Waals surface area contributed by atoms with Crippen LogP contribution in [0.15, 0.2) is 48.0 Å². The van der Waals surface area contributed by atoms with Crippen LogP contribution in [0.1, 0.15) is 73.5 Å². The highest BCUT2D eigenvalue weighted by Gasteiger charge is 2.64. The number of aromatic nitrogens is 2. The molecule has 2 aromatic carbocycles. The molecule has 284 valence electrons. The maximum Gasteiger partial charge on any atom is 0.319 e. The summed E-state index contributed by atoms with van der Waals surface area (Å²) in [6.07, 6.45) is 7.47. The van der Waals surface area contributed by atoms with Crippen molar-refractivity contribution in [1.29, 1.82) is 0 Å². The second kappa shape index (κ2) is 12.4. The van der Waals surface area contributed by atoms with Crippen LogP contribution >= 0.6 is 0 Å².